The molecule has 3 heterocycles. The Morgan fingerprint density at radius 2 is 2.03 bits per heavy atom. The molecule has 0 saturated carbocycles. The predicted molar refractivity (Wildman–Crippen MR) is 123 cm³/mol. The summed E-state index contributed by atoms with van der Waals surface area (Å²) in [6.07, 6.45) is 2.26. The van der Waals surface area contributed by atoms with Crippen molar-refractivity contribution in [2.24, 2.45) is 7.05 Å². The summed E-state index contributed by atoms with van der Waals surface area (Å²) >= 11 is 7.83. The van der Waals surface area contributed by atoms with Gasteiger partial charge in [0.05, 0.1) is 34.2 Å². The van der Waals surface area contributed by atoms with Gasteiger partial charge in [-0.2, -0.15) is 5.10 Å². The van der Waals surface area contributed by atoms with Crippen LogP contribution >= 0.6 is 22.9 Å². The van der Waals surface area contributed by atoms with E-state index in [4.69, 9.17) is 11.6 Å². The normalized spacial score (nSPS) is 15.7. The molecule has 1 aliphatic rings. The Bertz CT molecular complexity index is 1310. The van der Waals surface area contributed by atoms with E-state index in [1.165, 1.54) is 0 Å². The van der Waals surface area contributed by atoms with E-state index in [0.29, 0.717) is 34.8 Å². The highest BCUT2D eigenvalue weighted by Crippen LogP contribution is 2.35. The first-order chi connectivity index (χ1) is 15.0. The molecule has 5 rings (SSSR count). The highest BCUT2D eigenvalue weighted by molar-refractivity contribution is 7.17. The molecule has 6 nitrogen and oxygen atoms in total. The van der Waals surface area contributed by atoms with Crippen LogP contribution in [0.25, 0.3) is 10.1 Å². The first kappa shape index (κ1) is 19.8. The molecule has 31 heavy (non-hydrogen) atoms. The Labute approximate surface area is 188 Å². The van der Waals surface area contributed by atoms with Gasteiger partial charge in [-0.25, -0.2) is 0 Å². The zero-order valence-electron chi connectivity index (χ0n) is 16.7. The van der Waals surface area contributed by atoms with E-state index < -0.39 is 0 Å². The molecule has 1 aliphatic heterocycles. The van der Waals surface area contributed by atoms with Crippen LogP contribution in [0.1, 0.15) is 38.9 Å². The molecule has 1 N–H and O–H groups in total. The minimum atomic E-state index is -0.269. The second-order valence-corrected chi connectivity index (χ2v) is 8.82. The monoisotopic (exact) mass is 450 g/mol. The maximum absolute atomic E-state index is 13.3. The fraction of sp³-hybridized carbons (Fsp3) is 0.174. The van der Waals surface area contributed by atoms with Crippen molar-refractivity contribution in [1.82, 2.24) is 15.1 Å². The molecule has 0 fully saturated rings. The summed E-state index contributed by atoms with van der Waals surface area (Å²) in [7, 11) is 1.82. The number of nitrogens with zero attached hydrogens (tertiary/aromatic N) is 3. The zero-order valence-corrected chi connectivity index (χ0v) is 18.3. The van der Waals surface area contributed by atoms with Crippen molar-refractivity contribution < 1.29 is 9.59 Å². The van der Waals surface area contributed by atoms with E-state index in [-0.39, 0.29) is 17.9 Å². The van der Waals surface area contributed by atoms with E-state index in [2.05, 4.69) is 10.4 Å². The van der Waals surface area contributed by atoms with Crippen molar-refractivity contribution >= 4 is 50.5 Å². The average Bonchev–Trinajstić information content (AvgIpc) is 3.40. The topological polar surface area (TPSA) is 67.2 Å². The largest absolute Gasteiger partial charge is 0.343 e. The van der Waals surface area contributed by atoms with Gasteiger partial charge >= 0.3 is 0 Å². The number of hydrogen-bond acceptors (Lipinski definition) is 4. The number of rotatable bonds is 3. The first-order valence-corrected chi connectivity index (χ1v) is 11.1. The third-order valence-corrected chi connectivity index (χ3v) is 6.82. The predicted octanol–water partition coefficient (Wildman–Crippen LogP) is 4.81. The van der Waals surface area contributed by atoms with Gasteiger partial charge < -0.3 is 10.2 Å². The smallest absolute Gasteiger partial charge is 0.258 e. The number of aryl methyl sites for hydroxylation is 1. The summed E-state index contributed by atoms with van der Waals surface area (Å²) in [5, 5.41) is 10.9. The second kappa shape index (κ2) is 7.83. The number of thiophene rings is 1. The SMILES string of the molecule is Cn1ncc2c1C(NC(=O)c1ccccc1Cl)CCN2C(=O)c1ccc2sccc2c1. The molecule has 0 bridgehead atoms. The van der Waals surface area contributed by atoms with Crippen LogP contribution in [0, 0.1) is 0 Å². The maximum atomic E-state index is 13.3. The van der Waals surface area contributed by atoms with Gasteiger partial charge in [-0.05, 0) is 53.6 Å². The Kier molecular flexibility index (Phi) is 5.00. The van der Waals surface area contributed by atoms with Gasteiger partial charge in [-0.1, -0.05) is 23.7 Å². The van der Waals surface area contributed by atoms with Gasteiger partial charge in [0.1, 0.15) is 0 Å². The van der Waals surface area contributed by atoms with Gasteiger partial charge in [0.25, 0.3) is 11.8 Å². The van der Waals surface area contributed by atoms with Gasteiger partial charge in [0.2, 0.25) is 0 Å². The number of aromatic nitrogens is 2. The van der Waals surface area contributed by atoms with Crippen molar-refractivity contribution in [3.8, 4) is 0 Å². The Balaban J connectivity index is 1.43. The molecule has 4 aromatic rings. The van der Waals surface area contributed by atoms with E-state index in [9.17, 15) is 9.59 Å². The van der Waals surface area contributed by atoms with E-state index >= 15 is 0 Å². The molecule has 0 radical (unpaired) electrons. The van der Waals surface area contributed by atoms with Gasteiger partial charge in [-0.3, -0.25) is 14.3 Å². The molecule has 0 saturated heterocycles. The zero-order chi connectivity index (χ0) is 21.5. The number of fused-ring (bicyclic) bond motifs is 2. The molecule has 156 valence electrons. The van der Waals surface area contributed by atoms with Crippen molar-refractivity contribution in [3.63, 3.8) is 0 Å². The molecule has 0 aliphatic carbocycles. The van der Waals surface area contributed by atoms with Crippen molar-refractivity contribution in [2.75, 3.05) is 11.4 Å². The standard InChI is InChI=1S/C23H19ClN4O2S/c1-27-21-18(26-22(29)16-4-2-3-5-17(16)24)8-10-28(19(21)13-25-27)23(30)15-6-7-20-14(12-15)9-11-31-20/h2-7,9,11-13,18H,8,10H2,1H3,(H,26,29). The van der Waals surface area contributed by atoms with Crippen LogP contribution in [0.2, 0.25) is 5.02 Å². The Morgan fingerprint density at radius 1 is 1.19 bits per heavy atom. The van der Waals surface area contributed by atoms with Crippen LogP contribution in [0.3, 0.4) is 0 Å². The van der Waals surface area contributed by atoms with E-state index in [0.717, 1.165) is 15.8 Å². The van der Waals surface area contributed by atoms with Crippen LogP contribution in [0.5, 0.6) is 0 Å². The summed E-state index contributed by atoms with van der Waals surface area (Å²) in [5.41, 5.74) is 2.58. The third kappa shape index (κ3) is 3.49. The van der Waals surface area contributed by atoms with Crippen LogP contribution in [-0.4, -0.2) is 28.1 Å². The molecule has 2 aromatic heterocycles. The number of anilines is 1. The third-order valence-electron chi connectivity index (χ3n) is 5.59. The van der Waals surface area contributed by atoms with Crippen molar-refractivity contribution in [3.05, 3.63) is 82.0 Å². The molecular weight excluding hydrogens is 432 g/mol. The molecular formula is C23H19ClN4O2S. The molecule has 8 heteroatoms. The lowest BCUT2D eigenvalue weighted by Crippen LogP contribution is -2.41. The van der Waals surface area contributed by atoms with Crippen LogP contribution in [-0.2, 0) is 7.05 Å². The number of carbonyl (C=O) groups is 2. The summed E-state index contributed by atoms with van der Waals surface area (Å²) in [6, 6.07) is 14.5. The van der Waals surface area contributed by atoms with Gasteiger partial charge in [-0.15, -0.1) is 11.3 Å². The molecule has 1 atom stereocenters. The quantitative estimate of drug-likeness (QED) is 0.487. The molecule has 0 spiro atoms. The van der Waals surface area contributed by atoms with Crippen LogP contribution < -0.4 is 10.2 Å². The highest BCUT2D eigenvalue weighted by atomic mass is 35.5. The summed E-state index contributed by atoms with van der Waals surface area (Å²) in [4.78, 5) is 27.9. The number of amides is 2. The molecule has 1 unspecified atom stereocenters. The van der Waals surface area contributed by atoms with Crippen LogP contribution in [0.4, 0.5) is 5.69 Å². The Morgan fingerprint density at radius 3 is 2.87 bits per heavy atom. The summed E-state index contributed by atoms with van der Waals surface area (Å²) < 4.78 is 2.87. The number of benzene rings is 2. The maximum Gasteiger partial charge on any atom is 0.258 e. The number of carbonyl (C=O) groups excluding carboxylic acids is 2. The number of halogens is 1. The molecule has 2 amide bonds. The lowest BCUT2D eigenvalue weighted by atomic mass is 10.0. The summed E-state index contributed by atoms with van der Waals surface area (Å²) in [6.45, 7) is 0.479. The minimum absolute atomic E-state index is 0.0711. The van der Waals surface area contributed by atoms with Gasteiger partial charge in [0.15, 0.2) is 0 Å². The average molecular weight is 451 g/mol. The van der Waals surface area contributed by atoms with E-state index in [1.54, 1.807) is 51.4 Å². The number of hydrogen-bond donors (Lipinski definition) is 1. The van der Waals surface area contributed by atoms with E-state index in [1.807, 2.05) is 36.7 Å². The fourth-order valence-electron chi connectivity index (χ4n) is 4.05. The van der Waals surface area contributed by atoms with Crippen molar-refractivity contribution in [1.29, 1.82) is 0 Å². The lowest BCUT2D eigenvalue weighted by Gasteiger charge is -2.32. The second-order valence-electron chi connectivity index (χ2n) is 7.46. The Hall–Kier alpha value is -3.16. The summed E-state index contributed by atoms with van der Waals surface area (Å²) in [5.74, 6) is -0.316. The first-order valence-electron chi connectivity index (χ1n) is 9.89. The number of nitrogens with one attached hydrogen (secondary N) is 1. The van der Waals surface area contributed by atoms with Crippen molar-refractivity contribution in [2.45, 2.75) is 12.5 Å². The van der Waals surface area contributed by atoms with Gasteiger partial charge in [0, 0.05) is 23.9 Å². The van der Waals surface area contributed by atoms with Crippen LogP contribution in [0.15, 0.2) is 60.1 Å². The minimum Gasteiger partial charge on any atom is -0.343 e. The fourth-order valence-corrected chi connectivity index (χ4v) is 5.04. The highest BCUT2D eigenvalue weighted by Gasteiger charge is 2.33. The molecule has 2 aromatic carbocycles. The lowest BCUT2D eigenvalue weighted by molar-refractivity contribution is 0.0931.